The maximum absolute atomic E-state index is 13.5. The highest BCUT2D eigenvalue weighted by atomic mass is 19.1. The summed E-state index contributed by atoms with van der Waals surface area (Å²) >= 11 is 0. The third kappa shape index (κ3) is 2.89. The third-order valence-corrected chi connectivity index (χ3v) is 3.09. The van der Waals surface area contributed by atoms with Crippen LogP contribution < -0.4 is 10.1 Å². The lowest BCUT2D eigenvalue weighted by molar-refractivity contribution is 0.414. The van der Waals surface area contributed by atoms with E-state index in [0.29, 0.717) is 5.69 Å². The molecule has 2 aromatic rings. The third-order valence-electron chi connectivity index (χ3n) is 3.09. The van der Waals surface area contributed by atoms with Gasteiger partial charge in [-0.1, -0.05) is 18.2 Å². The van der Waals surface area contributed by atoms with Crippen molar-refractivity contribution < 1.29 is 9.13 Å². The van der Waals surface area contributed by atoms with Crippen LogP contribution in [0.4, 0.5) is 10.1 Å². The van der Waals surface area contributed by atoms with E-state index in [0.717, 1.165) is 11.3 Å². The number of hydrogen-bond donors (Lipinski definition) is 1. The molecule has 102 valence electrons. The molecule has 3 nitrogen and oxygen atoms in total. The maximum Gasteiger partial charge on any atom is 0.143 e. The van der Waals surface area contributed by atoms with Crippen LogP contribution in [0, 0.1) is 17.1 Å². The van der Waals surface area contributed by atoms with Crippen molar-refractivity contribution >= 4 is 5.69 Å². The summed E-state index contributed by atoms with van der Waals surface area (Å²) in [6.45, 7) is 1.95. The van der Waals surface area contributed by atoms with Crippen molar-refractivity contribution in [1.82, 2.24) is 0 Å². The first-order valence-corrected chi connectivity index (χ1v) is 6.25. The molecule has 0 radical (unpaired) electrons. The zero-order valence-corrected chi connectivity index (χ0v) is 11.4. The monoisotopic (exact) mass is 270 g/mol. The van der Waals surface area contributed by atoms with Gasteiger partial charge in [0.2, 0.25) is 0 Å². The Morgan fingerprint density at radius 1 is 1.25 bits per heavy atom. The molecule has 0 heterocycles. The minimum atomic E-state index is -0.518. The highest BCUT2D eigenvalue weighted by Crippen LogP contribution is 2.25. The second-order valence-electron chi connectivity index (χ2n) is 4.42. The summed E-state index contributed by atoms with van der Waals surface area (Å²) in [7, 11) is 1.61. The molecule has 0 spiro atoms. The van der Waals surface area contributed by atoms with Gasteiger partial charge in [-0.25, -0.2) is 4.39 Å². The number of methoxy groups -OCH3 is 1. The van der Waals surface area contributed by atoms with Crippen LogP contribution in [0.2, 0.25) is 0 Å². The van der Waals surface area contributed by atoms with Gasteiger partial charge in [0, 0.05) is 6.04 Å². The molecule has 0 aliphatic rings. The van der Waals surface area contributed by atoms with E-state index in [-0.39, 0.29) is 11.6 Å². The van der Waals surface area contributed by atoms with Gasteiger partial charge >= 0.3 is 0 Å². The van der Waals surface area contributed by atoms with Gasteiger partial charge in [-0.2, -0.15) is 5.26 Å². The van der Waals surface area contributed by atoms with E-state index >= 15 is 0 Å². The van der Waals surface area contributed by atoms with Crippen LogP contribution in [-0.4, -0.2) is 7.11 Å². The second kappa shape index (κ2) is 6.07. The van der Waals surface area contributed by atoms with Gasteiger partial charge in [-0.3, -0.25) is 0 Å². The topological polar surface area (TPSA) is 45.0 Å². The van der Waals surface area contributed by atoms with Crippen LogP contribution in [0.1, 0.15) is 24.1 Å². The number of benzene rings is 2. The van der Waals surface area contributed by atoms with Crippen LogP contribution in [0.25, 0.3) is 0 Å². The molecule has 0 saturated carbocycles. The van der Waals surface area contributed by atoms with Crippen LogP contribution in [0.15, 0.2) is 42.5 Å². The van der Waals surface area contributed by atoms with Crippen molar-refractivity contribution in [3.8, 4) is 11.8 Å². The molecule has 1 unspecified atom stereocenters. The first-order valence-electron chi connectivity index (χ1n) is 6.25. The molecule has 2 aromatic carbocycles. The van der Waals surface area contributed by atoms with E-state index < -0.39 is 5.82 Å². The highest BCUT2D eigenvalue weighted by molar-refractivity contribution is 5.59. The number of ether oxygens (including phenoxy) is 1. The predicted molar refractivity (Wildman–Crippen MR) is 76.1 cm³/mol. The Kier molecular flexibility index (Phi) is 4.21. The first-order chi connectivity index (χ1) is 9.65. The summed E-state index contributed by atoms with van der Waals surface area (Å²) in [5.74, 6) is 0.242. The zero-order chi connectivity index (χ0) is 14.5. The summed E-state index contributed by atoms with van der Waals surface area (Å²) in [6.07, 6.45) is 0. The largest absolute Gasteiger partial charge is 0.497 e. The van der Waals surface area contributed by atoms with E-state index in [1.807, 2.05) is 37.3 Å². The molecule has 0 fully saturated rings. The standard InChI is InChI=1S/C16H15FN2O/c1-11(12-5-3-6-13(9-12)20-2)19-16-8-4-7-15(17)14(16)10-18/h3-9,11,19H,1-2H3. The zero-order valence-electron chi connectivity index (χ0n) is 11.4. The predicted octanol–water partition coefficient (Wildman–Crippen LogP) is 3.88. The smallest absolute Gasteiger partial charge is 0.143 e. The molecule has 0 bridgehead atoms. The lowest BCUT2D eigenvalue weighted by atomic mass is 10.1. The Balaban J connectivity index is 2.26. The number of nitriles is 1. The van der Waals surface area contributed by atoms with Gasteiger partial charge < -0.3 is 10.1 Å². The number of hydrogen-bond acceptors (Lipinski definition) is 3. The van der Waals surface area contributed by atoms with Crippen molar-refractivity contribution in [3.63, 3.8) is 0 Å². The number of anilines is 1. The minimum absolute atomic E-state index is 0.0299. The molecule has 1 N–H and O–H groups in total. The van der Waals surface area contributed by atoms with Gasteiger partial charge in [0.05, 0.1) is 12.8 Å². The fourth-order valence-corrected chi connectivity index (χ4v) is 1.99. The van der Waals surface area contributed by atoms with Crippen molar-refractivity contribution in [1.29, 1.82) is 5.26 Å². The molecule has 0 amide bonds. The molecular weight excluding hydrogens is 255 g/mol. The molecular formula is C16H15FN2O. The van der Waals surface area contributed by atoms with Crippen molar-refractivity contribution in [3.05, 3.63) is 59.4 Å². The average molecular weight is 270 g/mol. The molecule has 20 heavy (non-hydrogen) atoms. The van der Waals surface area contributed by atoms with Crippen LogP contribution in [-0.2, 0) is 0 Å². The Bertz CT molecular complexity index is 649. The van der Waals surface area contributed by atoms with E-state index in [9.17, 15) is 4.39 Å². The minimum Gasteiger partial charge on any atom is -0.497 e. The van der Waals surface area contributed by atoms with Crippen LogP contribution in [0.3, 0.4) is 0 Å². The van der Waals surface area contributed by atoms with E-state index in [4.69, 9.17) is 10.00 Å². The van der Waals surface area contributed by atoms with Crippen molar-refractivity contribution in [2.24, 2.45) is 0 Å². The van der Waals surface area contributed by atoms with Gasteiger partial charge in [-0.05, 0) is 36.8 Å². The lowest BCUT2D eigenvalue weighted by Gasteiger charge is -2.17. The summed E-state index contributed by atoms with van der Waals surface area (Å²) in [5.41, 5.74) is 1.52. The number of halogens is 1. The van der Waals surface area contributed by atoms with Crippen molar-refractivity contribution in [2.45, 2.75) is 13.0 Å². The summed E-state index contributed by atoms with van der Waals surface area (Å²) < 4.78 is 18.7. The maximum atomic E-state index is 13.5. The molecule has 0 aromatic heterocycles. The average Bonchev–Trinajstić information content (AvgIpc) is 2.47. The molecule has 4 heteroatoms. The fraction of sp³-hybridized carbons (Fsp3) is 0.188. The molecule has 1 atom stereocenters. The Morgan fingerprint density at radius 3 is 2.70 bits per heavy atom. The Hall–Kier alpha value is -2.54. The summed E-state index contributed by atoms with van der Waals surface area (Å²) in [4.78, 5) is 0. The van der Waals surface area contributed by atoms with Gasteiger partial charge in [0.15, 0.2) is 0 Å². The quantitative estimate of drug-likeness (QED) is 0.917. The number of nitrogens with one attached hydrogen (secondary N) is 1. The Labute approximate surface area is 117 Å². The van der Waals surface area contributed by atoms with E-state index in [1.165, 1.54) is 6.07 Å². The number of rotatable bonds is 4. The molecule has 0 saturated heterocycles. The van der Waals surface area contributed by atoms with E-state index in [2.05, 4.69) is 5.32 Å². The number of nitrogens with zero attached hydrogens (tertiary/aromatic N) is 1. The van der Waals surface area contributed by atoms with Gasteiger partial charge in [0.25, 0.3) is 0 Å². The van der Waals surface area contributed by atoms with Crippen LogP contribution >= 0.6 is 0 Å². The second-order valence-corrected chi connectivity index (χ2v) is 4.42. The SMILES string of the molecule is COc1cccc(C(C)Nc2cccc(F)c2C#N)c1. The fourth-order valence-electron chi connectivity index (χ4n) is 1.99. The summed E-state index contributed by atoms with van der Waals surface area (Å²) in [5, 5.41) is 12.2. The molecule has 0 aliphatic carbocycles. The van der Waals surface area contributed by atoms with Gasteiger partial charge in [0.1, 0.15) is 23.2 Å². The molecule has 2 rings (SSSR count). The normalized spacial score (nSPS) is 11.5. The Morgan fingerprint density at radius 2 is 2.00 bits per heavy atom. The highest BCUT2D eigenvalue weighted by Gasteiger charge is 2.11. The van der Waals surface area contributed by atoms with Crippen molar-refractivity contribution in [2.75, 3.05) is 12.4 Å². The van der Waals surface area contributed by atoms with E-state index in [1.54, 1.807) is 19.2 Å². The molecule has 0 aliphatic heterocycles. The van der Waals surface area contributed by atoms with Gasteiger partial charge in [-0.15, -0.1) is 0 Å². The summed E-state index contributed by atoms with van der Waals surface area (Å²) in [6, 6.07) is 14.0. The first kappa shape index (κ1) is 13.9. The van der Waals surface area contributed by atoms with Crippen LogP contribution in [0.5, 0.6) is 5.75 Å². The lowest BCUT2D eigenvalue weighted by Crippen LogP contribution is -2.08.